The first kappa shape index (κ1) is 17.4. The van der Waals surface area contributed by atoms with Gasteiger partial charge < -0.3 is 9.88 Å². The van der Waals surface area contributed by atoms with Gasteiger partial charge >= 0.3 is 0 Å². The number of imidazole rings is 1. The van der Waals surface area contributed by atoms with E-state index in [9.17, 15) is 14.4 Å². The topological polar surface area (TPSA) is 84.3 Å². The maximum absolute atomic E-state index is 12.7. The number of amides is 3. The highest BCUT2D eigenvalue weighted by Gasteiger charge is 2.60. The Morgan fingerprint density at radius 1 is 1.18 bits per heavy atom. The molecule has 2 heterocycles. The lowest BCUT2D eigenvalue weighted by molar-refractivity contribution is -0.140. The van der Waals surface area contributed by atoms with Gasteiger partial charge in [0.15, 0.2) is 0 Å². The highest BCUT2D eigenvalue weighted by Crippen LogP contribution is 2.56. The van der Waals surface area contributed by atoms with Crippen molar-refractivity contribution in [2.45, 2.75) is 39.2 Å². The Bertz CT molecular complexity index is 953. The molecule has 1 aromatic carbocycles. The zero-order chi connectivity index (χ0) is 19.4. The van der Waals surface area contributed by atoms with Gasteiger partial charge in [-0.1, -0.05) is 0 Å². The molecule has 2 bridgehead atoms. The van der Waals surface area contributed by atoms with E-state index in [-0.39, 0.29) is 42.5 Å². The summed E-state index contributed by atoms with van der Waals surface area (Å²) in [5, 5.41) is 2.86. The third kappa shape index (κ3) is 2.56. The number of fused-ring (bicyclic) bond motifs is 6. The van der Waals surface area contributed by atoms with Gasteiger partial charge in [-0.2, -0.15) is 0 Å². The number of aryl methyl sites for hydroxylation is 1. The fourth-order valence-electron chi connectivity index (χ4n) is 5.52. The number of imide groups is 1. The van der Waals surface area contributed by atoms with Gasteiger partial charge in [-0.05, 0) is 56.2 Å². The van der Waals surface area contributed by atoms with Crippen molar-refractivity contribution in [3.05, 3.63) is 24.5 Å². The highest BCUT2D eigenvalue weighted by atomic mass is 16.2. The van der Waals surface area contributed by atoms with Crippen molar-refractivity contribution in [1.29, 1.82) is 0 Å². The third-order valence-electron chi connectivity index (χ3n) is 6.83. The predicted octanol–water partition coefficient (Wildman–Crippen LogP) is 2.42. The number of rotatable bonds is 5. The Kier molecular flexibility index (Phi) is 4.00. The molecule has 2 saturated carbocycles. The normalized spacial score (nSPS) is 28.4. The zero-order valence-electron chi connectivity index (χ0n) is 15.9. The highest BCUT2D eigenvalue weighted by molar-refractivity contribution is 6.06. The fourth-order valence-corrected chi connectivity index (χ4v) is 5.52. The molecule has 3 aliphatic rings. The number of carbonyl (C=O) groups excluding carboxylic acids is 3. The fraction of sp³-hybridized carbons (Fsp3) is 0.524. The van der Waals surface area contributed by atoms with Gasteiger partial charge in [-0.3, -0.25) is 19.3 Å². The second-order valence-corrected chi connectivity index (χ2v) is 8.25. The van der Waals surface area contributed by atoms with Crippen molar-refractivity contribution < 1.29 is 14.4 Å². The largest absolute Gasteiger partial charge is 0.331 e. The Morgan fingerprint density at radius 3 is 2.57 bits per heavy atom. The minimum absolute atomic E-state index is 0.0541. The molecule has 1 aromatic heterocycles. The van der Waals surface area contributed by atoms with Crippen molar-refractivity contribution in [2.75, 3.05) is 11.9 Å². The van der Waals surface area contributed by atoms with E-state index in [2.05, 4.69) is 17.2 Å². The van der Waals surface area contributed by atoms with Gasteiger partial charge in [0, 0.05) is 25.2 Å². The number of carbonyl (C=O) groups is 3. The van der Waals surface area contributed by atoms with E-state index in [0.29, 0.717) is 17.5 Å². The first-order chi connectivity index (χ1) is 13.6. The van der Waals surface area contributed by atoms with Crippen LogP contribution in [0.5, 0.6) is 0 Å². The van der Waals surface area contributed by atoms with Gasteiger partial charge in [0.2, 0.25) is 17.7 Å². The molecule has 0 unspecified atom stereocenters. The van der Waals surface area contributed by atoms with Crippen LogP contribution in [0.25, 0.3) is 11.0 Å². The summed E-state index contributed by atoms with van der Waals surface area (Å²) in [6.45, 7) is 3.06. The minimum Gasteiger partial charge on any atom is -0.331 e. The average molecular weight is 380 g/mol. The van der Waals surface area contributed by atoms with Gasteiger partial charge in [0.1, 0.15) is 0 Å². The molecule has 0 spiro atoms. The average Bonchev–Trinajstić information content (AvgIpc) is 3.44. The lowest BCUT2D eigenvalue weighted by Gasteiger charge is -2.19. The first-order valence-electron chi connectivity index (χ1n) is 10.2. The summed E-state index contributed by atoms with van der Waals surface area (Å²) >= 11 is 0. The van der Waals surface area contributed by atoms with E-state index >= 15 is 0 Å². The quantitative estimate of drug-likeness (QED) is 0.808. The van der Waals surface area contributed by atoms with Crippen LogP contribution in [0.1, 0.15) is 32.6 Å². The van der Waals surface area contributed by atoms with Gasteiger partial charge in [-0.25, -0.2) is 4.98 Å². The summed E-state index contributed by atoms with van der Waals surface area (Å²) in [4.78, 5) is 43.5. The van der Waals surface area contributed by atoms with Crippen molar-refractivity contribution in [3.63, 3.8) is 0 Å². The number of hydrogen-bond donors (Lipinski definition) is 1. The monoisotopic (exact) mass is 380 g/mol. The number of nitrogens with zero attached hydrogens (tertiary/aromatic N) is 3. The van der Waals surface area contributed by atoms with Gasteiger partial charge in [0.05, 0.1) is 29.2 Å². The van der Waals surface area contributed by atoms with Crippen LogP contribution in [0.2, 0.25) is 0 Å². The van der Waals surface area contributed by atoms with E-state index in [1.165, 1.54) is 4.90 Å². The van der Waals surface area contributed by atoms with Crippen LogP contribution in [-0.4, -0.2) is 38.7 Å². The number of hydrogen-bond acceptors (Lipinski definition) is 4. The molecule has 2 aliphatic carbocycles. The second-order valence-electron chi connectivity index (χ2n) is 8.25. The molecule has 28 heavy (non-hydrogen) atoms. The van der Waals surface area contributed by atoms with E-state index in [1.54, 1.807) is 6.33 Å². The molecule has 7 nitrogen and oxygen atoms in total. The molecular formula is C21H24N4O3. The van der Waals surface area contributed by atoms with Crippen molar-refractivity contribution in [2.24, 2.45) is 23.7 Å². The number of aromatic nitrogens is 2. The molecule has 3 amide bonds. The summed E-state index contributed by atoms with van der Waals surface area (Å²) in [5.41, 5.74) is 2.52. The number of nitrogens with one attached hydrogen (secondary N) is 1. The van der Waals surface area contributed by atoms with E-state index in [1.807, 2.05) is 22.8 Å². The maximum Gasteiger partial charge on any atom is 0.233 e. The lowest BCUT2D eigenvalue weighted by Crippen LogP contribution is -2.35. The minimum atomic E-state index is -0.199. The number of likely N-dealkylation sites (tertiary alicyclic amines) is 1. The summed E-state index contributed by atoms with van der Waals surface area (Å²) in [7, 11) is 0. The van der Waals surface area contributed by atoms with Gasteiger partial charge in [-0.15, -0.1) is 0 Å². The summed E-state index contributed by atoms with van der Waals surface area (Å²) in [6, 6.07) is 5.63. The maximum atomic E-state index is 12.7. The smallest absolute Gasteiger partial charge is 0.233 e. The number of anilines is 1. The molecule has 1 N–H and O–H groups in total. The van der Waals surface area contributed by atoms with Crippen LogP contribution in [0.4, 0.5) is 5.69 Å². The van der Waals surface area contributed by atoms with Crippen molar-refractivity contribution >= 4 is 34.4 Å². The van der Waals surface area contributed by atoms with E-state index in [0.717, 1.165) is 36.8 Å². The van der Waals surface area contributed by atoms with Crippen molar-refractivity contribution in [3.8, 4) is 0 Å². The molecule has 7 heteroatoms. The van der Waals surface area contributed by atoms with E-state index < -0.39 is 0 Å². The molecule has 1 aliphatic heterocycles. The molecule has 4 atom stereocenters. The van der Waals surface area contributed by atoms with Crippen LogP contribution in [0, 0.1) is 23.7 Å². The Labute approximate surface area is 163 Å². The molecule has 1 saturated heterocycles. The number of benzene rings is 1. The standard InChI is InChI=1S/C21H24N4O3/c1-2-24-11-22-15-10-14(5-6-16(15)24)23-17(26)7-8-25-20(27)18-12-3-4-13(9-12)19(18)21(25)28/h5-6,10-13,18-19H,2-4,7-9H2,1H3,(H,23,26)/t12-,13-,18-,19-/m0/s1. The Morgan fingerprint density at radius 2 is 1.89 bits per heavy atom. The summed E-state index contributed by atoms with van der Waals surface area (Å²) in [5.74, 6) is 0.202. The van der Waals surface area contributed by atoms with E-state index in [4.69, 9.17) is 0 Å². The Balaban J connectivity index is 1.22. The van der Waals surface area contributed by atoms with Crippen LogP contribution >= 0.6 is 0 Å². The summed E-state index contributed by atoms with van der Waals surface area (Å²) in [6.07, 6.45) is 5.06. The Hall–Kier alpha value is -2.70. The van der Waals surface area contributed by atoms with Crippen LogP contribution < -0.4 is 5.32 Å². The molecule has 5 rings (SSSR count). The molecular weight excluding hydrogens is 356 g/mol. The van der Waals surface area contributed by atoms with Crippen LogP contribution in [0.15, 0.2) is 24.5 Å². The zero-order valence-corrected chi connectivity index (χ0v) is 15.9. The van der Waals surface area contributed by atoms with Gasteiger partial charge in [0.25, 0.3) is 0 Å². The molecule has 3 fully saturated rings. The summed E-state index contributed by atoms with van der Waals surface area (Å²) < 4.78 is 2.04. The van der Waals surface area contributed by atoms with Crippen LogP contribution in [0.3, 0.4) is 0 Å². The second kappa shape index (κ2) is 6.43. The molecule has 0 radical (unpaired) electrons. The van der Waals surface area contributed by atoms with Crippen molar-refractivity contribution in [1.82, 2.24) is 14.5 Å². The lowest BCUT2D eigenvalue weighted by atomic mass is 9.81. The molecule has 146 valence electrons. The third-order valence-corrected chi connectivity index (χ3v) is 6.83. The molecule has 2 aromatic rings. The van der Waals surface area contributed by atoms with Crippen LogP contribution in [-0.2, 0) is 20.9 Å². The SMILES string of the molecule is CCn1cnc2cc(NC(=O)CCN3C(=O)[C@H]4[C@H]5CC[C@@H](C5)[C@@H]4C3=O)ccc21. The first-order valence-corrected chi connectivity index (χ1v) is 10.2. The predicted molar refractivity (Wildman–Crippen MR) is 103 cm³/mol.